The van der Waals surface area contributed by atoms with Gasteiger partial charge in [0.2, 0.25) is 0 Å². The summed E-state index contributed by atoms with van der Waals surface area (Å²) in [5.41, 5.74) is 0.832. The summed E-state index contributed by atoms with van der Waals surface area (Å²) in [7, 11) is 0. The van der Waals surface area contributed by atoms with Crippen LogP contribution in [0.2, 0.25) is 0 Å². The average Bonchev–Trinajstić information content (AvgIpc) is 3.00. The Kier molecular flexibility index (Phi) is 4.36. The second-order valence-electron chi connectivity index (χ2n) is 5.70. The Bertz CT molecular complexity index is 464. The van der Waals surface area contributed by atoms with E-state index < -0.39 is 0 Å². The van der Waals surface area contributed by atoms with Crippen molar-refractivity contribution >= 4 is 21.8 Å². The van der Waals surface area contributed by atoms with Crippen LogP contribution in [0.15, 0.2) is 16.7 Å². The van der Waals surface area contributed by atoms with Gasteiger partial charge in [-0.1, -0.05) is 0 Å². The van der Waals surface area contributed by atoms with Crippen molar-refractivity contribution in [1.82, 2.24) is 9.88 Å². The zero-order valence-electron chi connectivity index (χ0n) is 11.4. The molecule has 0 aromatic carbocycles. The van der Waals surface area contributed by atoms with E-state index in [9.17, 15) is 4.79 Å². The molecule has 1 fully saturated rings. The molecule has 0 bridgehead atoms. The molecule has 4 nitrogen and oxygen atoms in total. The number of aliphatic hydroxyl groups is 1. The molecule has 2 rings (SSSR count). The summed E-state index contributed by atoms with van der Waals surface area (Å²) in [5.74, 6) is -0.0383. The first-order valence-electron chi connectivity index (χ1n) is 6.74. The monoisotopic (exact) mass is 328 g/mol. The summed E-state index contributed by atoms with van der Waals surface area (Å²) >= 11 is 3.41. The van der Waals surface area contributed by atoms with Crippen LogP contribution < -0.4 is 5.32 Å². The van der Waals surface area contributed by atoms with Crippen molar-refractivity contribution < 1.29 is 9.90 Å². The Morgan fingerprint density at radius 1 is 1.58 bits per heavy atom. The predicted molar refractivity (Wildman–Crippen MR) is 78.2 cm³/mol. The molecule has 2 N–H and O–H groups in total. The number of aromatic nitrogens is 1. The van der Waals surface area contributed by atoms with Gasteiger partial charge in [0.1, 0.15) is 5.69 Å². The minimum atomic E-state index is -0.0383. The number of amides is 1. The van der Waals surface area contributed by atoms with E-state index in [1.807, 2.05) is 16.8 Å². The van der Waals surface area contributed by atoms with Gasteiger partial charge in [0.05, 0.1) is 0 Å². The van der Waals surface area contributed by atoms with Gasteiger partial charge in [-0.15, -0.1) is 0 Å². The maximum absolute atomic E-state index is 12.2. The van der Waals surface area contributed by atoms with Crippen LogP contribution in [-0.2, 0) is 0 Å². The second-order valence-corrected chi connectivity index (χ2v) is 6.62. The molecule has 19 heavy (non-hydrogen) atoms. The topological polar surface area (TPSA) is 54.3 Å². The maximum Gasteiger partial charge on any atom is 0.267 e. The Balaban J connectivity index is 2.00. The fraction of sp³-hybridized carbons (Fsp3) is 0.643. The molecule has 5 heteroatoms. The predicted octanol–water partition coefficient (Wildman–Crippen LogP) is 2.72. The van der Waals surface area contributed by atoms with E-state index >= 15 is 0 Å². The molecule has 1 aromatic rings. The van der Waals surface area contributed by atoms with Crippen LogP contribution in [0.1, 0.15) is 49.6 Å². The molecule has 0 atom stereocenters. The lowest BCUT2D eigenvalue weighted by Gasteiger charge is -2.16. The summed E-state index contributed by atoms with van der Waals surface area (Å²) < 4.78 is 2.88. The lowest BCUT2D eigenvalue weighted by Crippen LogP contribution is -2.32. The first kappa shape index (κ1) is 14.6. The number of carbonyl (C=O) groups excluding carboxylic acids is 1. The van der Waals surface area contributed by atoms with Crippen LogP contribution in [0.5, 0.6) is 0 Å². The minimum Gasteiger partial charge on any atom is -0.396 e. The second kappa shape index (κ2) is 5.67. The van der Waals surface area contributed by atoms with Crippen molar-refractivity contribution in [2.45, 2.75) is 39.2 Å². The van der Waals surface area contributed by atoms with E-state index in [0.29, 0.717) is 12.2 Å². The van der Waals surface area contributed by atoms with E-state index in [0.717, 1.165) is 23.7 Å². The molecule has 1 aromatic heterocycles. The maximum atomic E-state index is 12.2. The van der Waals surface area contributed by atoms with Crippen LogP contribution in [0, 0.1) is 5.41 Å². The molecule has 1 saturated carbocycles. The van der Waals surface area contributed by atoms with Gasteiger partial charge < -0.3 is 15.0 Å². The molecule has 0 saturated heterocycles. The fourth-order valence-electron chi connectivity index (χ4n) is 2.34. The molecule has 0 aliphatic heterocycles. The smallest absolute Gasteiger partial charge is 0.267 e. The van der Waals surface area contributed by atoms with Gasteiger partial charge in [0, 0.05) is 29.9 Å². The number of halogens is 1. The molecule has 0 radical (unpaired) electrons. The summed E-state index contributed by atoms with van der Waals surface area (Å²) in [5, 5.41) is 12.0. The van der Waals surface area contributed by atoms with Gasteiger partial charge in [-0.25, -0.2) is 0 Å². The highest BCUT2D eigenvalue weighted by molar-refractivity contribution is 9.10. The van der Waals surface area contributed by atoms with Gasteiger partial charge in [-0.2, -0.15) is 0 Å². The lowest BCUT2D eigenvalue weighted by atomic mass is 10.0. The Morgan fingerprint density at radius 3 is 2.79 bits per heavy atom. The van der Waals surface area contributed by atoms with Crippen LogP contribution in [0.4, 0.5) is 0 Å². The SMILES string of the molecule is CC(C)n1cc(Br)cc1C(=O)NCC1(CCO)CC1. The summed E-state index contributed by atoms with van der Waals surface area (Å²) in [6, 6.07) is 2.10. The normalized spacial score (nSPS) is 16.7. The minimum absolute atomic E-state index is 0.0383. The van der Waals surface area contributed by atoms with E-state index in [1.165, 1.54) is 0 Å². The number of hydrogen-bond acceptors (Lipinski definition) is 2. The van der Waals surface area contributed by atoms with Gasteiger partial charge in [-0.05, 0) is 60.5 Å². The highest BCUT2D eigenvalue weighted by Crippen LogP contribution is 2.47. The third kappa shape index (κ3) is 3.39. The van der Waals surface area contributed by atoms with Gasteiger partial charge >= 0.3 is 0 Å². The summed E-state index contributed by atoms with van der Waals surface area (Å²) in [4.78, 5) is 12.2. The molecule has 106 valence electrons. The van der Waals surface area contributed by atoms with Crippen molar-refractivity contribution in [1.29, 1.82) is 0 Å². The summed E-state index contributed by atoms with van der Waals surface area (Å²) in [6.07, 6.45) is 4.91. The third-order valence-corrected chi connectivity index (χ3v) is 4.26. The van der Waals surface area contributed by atoms with Gasteiger partial charge in [0.15, 0.2) is 0 Å². The quantitative estimate of drug-likeness (QED) is 0.843. The standard InChI is InChI=1S/C14H21BrN2O2/c1-10(2)17-8-11(15)7-12(17)13(19)16-9-14(3-4-14)5-6-18/h7-8,10,18H,3-6,9H2,1-2H3,(H,16,19). The first-order chi connectivity index (χ1) is 8.97. The van der Waals surface area contributed by atoms with Crippen molar-refractivity contribution in [2.24, 2.45) is 5.41 Å². The number of nitrogens with one attached hydrogen (secondary N) is 1. The van der Waals surface area contributed by atoms with Crippen molar-refractivity contribution in [3.05, 3.63) is 22.4 Å². The molecule has 1 amide bonds. The Labute approximate surface area is 122 Å². The Morgan fingerprint density at radius 2 is 2.26 bits per heavy atom. The average molecular weight is 329 g/mol. The fourth-order valence-corrected chi connectivity index (χ4v) is 2.78. The number of carbonyl (C=O) groups is 1. The zero-order chi connectivity index (χ0) is 14.0. The molecule has 1 aliphatic carbocycles. The molecule has 0 spiro atoms. The summed E-state index contributed by atoms with van der Waals surface area (Å²) in [6.45, 7) is 4.96. The van der Waals surface area contributed by atoms with Crippen LogP contribution >= 0.6 is 15.9 Å². The van der Waals surface area contributed by atoms with Gasteiger partial charge in [0.25, 0.3) is 5.91 Å². The first-order valence-corrected chi connectivity index (χ1v) is 7.53. The van der Waals surface area contributed by atoms with Crippen LogP contribution in [-0.4, -0.2) is 28.7 Å². The third-order valence-electron chi connectivity index (χ3n) is 3.83. The highest BCUT2D eigenvalue weighted by atomic mass is 79.9. The molecular formula is C14H21BrN2O2. The highest BCUT2D eigenvalue weighted by Gasteiger charge is 2.42. The van der Waals surface area contributed by atoms with Crippen molar-refractivity contribution in [3.8, 4) is 0 Å². The Hall–Kier alpha value is -0.810. The van der Waals surface area contributed by atoms with Crippen LogP contribution in [0.25, 0.3) is 0 Å². The van der Waals surface area contributed by atoms with Crippen LogP contribution in [0.3, 0.4) is 0 Å². The largest absolute Gasteiger partial charge is 0.396 e. The van der Waals surface area contributed by atoms with E-state index in [4.69, 9.17) is 5.11 Å². The van der Waals surface area contributed by atoms with Crippen molar-refractivity contribution in [3.63, 3.8) is 0 Å². The molecule has 1 aliphatic rings. The van der Waals surface area contributed by atoms with Crippen molar-refractivity contribution in [2.75, 3.05) is 13.2 Å². The zero-order valence-corrected chi connectivity index (χ0v) is 13.0. The number of hydrogen-bond donors (Lipinski definition) is 2. The number of rotatable bonds is 6. The lowest BCUT2D eigenvalue weighted by molar-refractivity contribution is 0.0930. The van der Waals surface area contributed by atoms with E-state index in [1.54, 1.807) is 0 Å². The molecular weight excluding hydrogens is 308 g/mol. The molecule has 0 unspecified atom stereocenters. The molecule has 1 heterocycles. The van der Waals surface area contributed by atoms with Gasteiger partial charge in [-0.3, -0.25) is 4.79 Å². The number of aliphatic hydroxyl groups excluding tert-OH is 1. The van der Waals surface area contributed by atoms with E-state index in [-0.39, 0.29) is 24.0 Å². The van der Waals surface area contributed by atoms with E-state index in [2.05, 4.69) is 35.1 Å². The number of nitrogens with zero attached hydrogens (tertiary/aromatic N) is 1.